The fraction of sp³-hybridized carbons (Fsp3) is 0.588. The van der Waals surface area contributed by atoms with Gasteiger partial charge in [0.15, 0.2) is 5.78 Å². The van der Waals surface area contributed by atoms with Crippen LogP contribution in [0.2, 0.25) is 0 Å². The number of rotatable bonds is 3. The molecule has 21 heavy (non-hydrogen) atoms. The summed E-state index contributed by atoms with van der Waals surface area (Å²) in [5, 5.41) is 0. The van der Waals surface area contributed by atoms with Crippen LogP contribution in [0.1, 0.15) is 43.0 Å². The molecule has 0 atom stereocenters. The van der Waals surface area contributed by atoms with Crippen molar-refractivity contribution in [1.29, 1.82) is 0 Å². The Balaban J connectivity index is 1.80. The molecule has 3 rings (SSSR count). The maximum Gasteiger partial charge on any atom is 0.170 e. The topological polar surface area (TPSA) is 38.8 Å². The number of Topliss-reactive ketones (excluding diaryl/α,β-unsaturated/α-hetero) is 1. The average Bonchev–Trinajstić information content (AvgIpc) is 2.49. The Hall–Kier alpha value is -1.55. The summed E-state index contributed by atoms with van der Waals surface area (Å²) >= 11 is 0. The van der Waals surface area contributed by atoms with Gasteiger partial charge >= 0.3 is 0 Å². The minimum absolute atomic E-state index is 0.197. The van der Waals surface area contributed by atoms with Crippen LogP contribution in [0.15, 0.2) is 18.2 Å². The van der Waals surface area contributed by atoms with E-state index in [4.69, 9.17) is 9.47 Å². The Labute approximate surface area is 126 Å². The van der Waals surface area contributed by atoms with Crippen LogP contribution in [0.3, 0.4) is 0 Å². The molecule has 4 nitrogen and oxygen atoms in total. The molecule has 0 radical (unpaired) electrons. The smallest absolute Gasteiger partial charge is 0.170 e. The van der Waals surface area contributed by atoms with Crippen molar-refractivity contribution in [2.45, 2.75) is 38.2 Å². The molecule has 2 aliphatic heterocycles. The monoisotopic (exact) mass is 289 g/mol. The number of carbonyl (C=O) groups is 1. The number of ether oxygens (including phenoxy) is 2. The zero-order valence-corrected chi connectivity index (χ0v) is 12.9. The van der Waals surface area contributed by atoms with Crippen molar-refractivity contribution in [3.8, 4) is 11.5 Å². The first-order chi connectivity index (χ1) is 10.2. The van der Waals surface area contributed by atoms with E-state index in [2.05, 4.69) is 11.8 Å². The Kier molecular flexibility index (Phi) is 3.89. The Morgan fingerprint density at radius 1 is 1.33 bits per heavy atom. The van der Waals surface area contributed by atoms with Crippen LogP contribution in [-0.2, 0) is 0 Å². The van der Waals surface area contributed by atoms with E-state index in [-0.39, 0.29) is 11.4 Å². The van der Waals surface area contributed by atoms with Gasteiger partial charge in [-0.05, 0) is 25.1 Å². The third-order valence-corrected chi connectivity index (χ3v) is 4.61. The molecule has 4 heteroatoms. The molecule has 2 heterocycles. The summed E-state index contributed by atoms with van der Waals surface area (Å²) < 4.78 is 11.5. The number of piperidine rings is 1. The number of likely N-dealkylation sites (tertiary alicyclic amines) is 1. The molecular weight excluding hydrogens is 266 g/mol. The van der Waals surface area contributed by atoms with Crippen LogP contribution in [0.5, 0.6) is 11.5 Å². The highest BCUT2D eigenvalue weighted by Gasteiger charge is 2.42. The van der Waals surface area contributed by atoms with Gasteiger partial charge in [-0.15, -0.1) is 0 Å². The molecular formula is C17H23NO3. The van der Waals surface area contributed by atoms with Crippen molar-refractivity contribution in [3.63, 3.8) is 0 Å². The standard InChI is InChI=1S/C17H23NO3/c1-3-8-18-9-6-17(7-10-18)12-15(19)14-5-4-13(20-2)11-16(14)21-17/h4-5,11H,3,6-10,12H2,1-2H3. The second kappa shape index (κ2) is 5.68. The second-order valence-electron chi connectivity index (χ2n) is 6.09. The van der Waals surface area contributed by atoms with Gasteiger partial charge in [-0.2, -0.15) is 0 Å². The van der Waals surface area contributed by atoms with Gasteiger partial charge in [0.05, 0.1) is 19.1 Å². The summed E-state index contributed by atoms with van der Waals surface area (Å²) in [6.07, 6.45) is 3.53. The van der Waals surface area contributed by atoms with Gasteiger partial charge in [0.1, 0.15) is 17.1 Å². The number of carbonyl (C=O) groups excluding carboxylic acids is 1. The molecule has 0 N–H and O–H groups in total. The lowest BCUT2D eigenvalue weighted by Gasteiger charge is -2.44. The van der Waals surface area contributed by atoms with E-state index in [1.165, 1.54) is 6.42 Å². The number of hydrogen-bond donors (Lipinski definition) is 0. The Morgan fingerprint density at radius 2 is 2.10 bits per heavy atom. The Morgan fingerprint density at radius 3 is 2.76 bits per heavy atom. The fourth-order valence-corrected chi connectivity index (χ4v) is 3.38. The quantitative estimate of drug-likeness (QED) is 0.857. The summed E-state index contributed by atoms with van der Waals surface area (Å²) in [5.74, 6) is 1.62. The fourth-order valence-electron chi connectivity index (χ4n) is 3.38. The zero-order valence-electron chi connectivity index (χ0n) is 12.9. The third-order valence-electron chi connectivity index (χ3n) is 4.61. The number of benzene rings is 1. The van der Waals surface area contributed by atoms with E-state index >= 15 is 0 Å². The summed E-state index contributed by atoms with van der Waals surface area (Å²) in [7, 11) is 1.63. The number of hydrogen-bond acceptors (Lipinski definition) is 4. The van der Waals surface area contributed by atoms with Crippen LogP contribution >= 0.6 is 0 Å². The zero-order chi connectivity index (χ0) is 14.9. The molecule has 1 saturated heterocycles. The predicted octanol–water partition coefficient (Wildman–Crippen LogP) is 2.91. The first-order valence-electron chi connectivity index (χ1n) is 7.78. The highest BCUT2D eigenvalue weighted by atomic mass is 16.5. The molecule has 0 bridgehead atoms. The van der Waals surface area contributed by atoms with E-state index in [1.54, 1.807) is 7.11 Å². The van der Waals surface area contributed by atoms with Crippen molar-refractivity contribution in [2.75, 3.05) is 26.7 Å². The largest absolute Gasteiger partial charge is 0.497 e. The van der Waals surface area contributed by atoms with Crippen molar-refractivity contribution in [3.05, 3.63) is 23.8 Å². The van der Waals surface area contributed by atoms with Crippen LogP contribution < -0.4 is 9.47 Å². The van der Waals surface area contributed by atoms with E-state index < -0.39 is 0 Å². The maximum absolute atomic E-state index is 12.4. The summed E-state index contributed by atoms with van der Waals surface area (Å²) in [4.78, 5) is 14.9. The van der Waals surface area contributed by atoms with Crippen molar-refractivity contribution >= 4 is 5.78 Å². The molecule has 0 aromatic heterocycles. The molecule has 0 amide bonds. The van der Waals surface area contributed by atoms with Gasteiger partial charge < -0.3 is 14.4 Å². The highest BCUT2D eigenvalue weighted by Crippen LogP contribution is 2.40. The second-order valence-corrected chi connectivity index (χ2v) is 6.09. The minimum atomic E-state index is -0.305. The van der Waals surface area contributed by atoms with Gasteiger partial charge in [-0.25, -0.2) is 0 Å². The number of nitrogens with zero attached hydrogens (tertiary/aromatic N) is 1. The van der Waals surface area contributed by atoms with Crippen LogP contribution in [0, 0.1) is 0 Å². The van der Waals surface area contributed by atoms with Crippen LogP contribution in [-0.4, -0.2) is 43.0 Å². The van der Waals surface area contributed by atoms with Crippen LogP contribution in [0.4, 0.5) is 0 Å². The summed E-state index contributed by atoms with van der Waals surface area (Å²) in [5.41, 5.74) is 0.387. The van der Waals surface area contributed by atoms with Crippen molar-refractivity contribution in [2.24, 2.45) is 0 Å². The lowest BCUT2D eigenvalue weighted by Crippen LogP contribution is -2.51. The maximum atomic E-state index is 12.4. The van der Waals surface area contributed by atoms with Crippen molar-refractivity contribution < 1.29 is 14.3 Å². The molecule has 2 aliphatic rings. The molecule has 1 aromatic rings. The van der Waals surface area contributed by atoms with Gasteiger partial charge in [0.2, 0.25) is 0 Å². The molecule has 1 spiro atoms. The normalized spacial score (nSPS) is 21.0. The third kappa shape index (κ3) is 2.77. The predicted molar refractivity (Wildman–Crippen MR) is 81.3 cm³/mol. The highest BCUT2D eigenvalue weighted by molar-refractivity contribution is 6.00. The van der Waals surface area contributed by atoms with E-state index in [9.17, 15) is 4.79 Å². The minimum Gasteiger partial charge on any atom is -0.497 e. The average molecular weight is 289 g/mol. The van der Waals surface area contributed by atoms with Gasteiger partial charge in [0.25, 0.3) is 0 Å². The molecule has 0 saturated carbocycles. The summed E-state index contributed by atoms with van der Waals surface area (Å²) in [6.45, 7) is 5.36. The number of methoxy groups -OCH3 is 1. The molecule has 1 fully saturated rings. The van der Waals surface area contributed by atoms with Crippen molar-refractivity contribution in [1.82, 2.24) is 4.90 Å². The molecule has 0 aliphatic carbocycles. The molecule has 114 valence electrons. The first kappa shape index (κ1) is 14.4. The number of fused-ring (bicyclic) bond motifs is 1. The van der Waals surface area contributed by atoms with Crippen LogP contribution in [0.25, 0.3) is 0 Å². The number of ketones is 1. The SMILES string of the molecule is CCCN1CCC2(CC1)CC(=O)c1ccc(OC)cc1O2. The van der Waals surface area contributed by atoms with E-state index in [1.807, 2.05) is 18.2 Å². The van der Waals surface area contributed by atoms with Gasteiger partial charge in [0, 0.05) is 32.0 Å². The Bertz CT molecular complexity index is 533. The lowest BCUT2D eigenvalue weighted by molar-refractivity contribution is -0.00898. The van der Waals surface area contributed by atoms with E-state index in [0.717, 1.165) is 38.2 Å². The molecule has 1 aromatic carbocycles. The van der Waals surface area contributed by atoms with Gasteiger partial charge in [-0.3, -0.25) is 4.79 Å². The lowest BCUT2D eigenvalue weighted by atomic mass is 9.82. The van der Waals surface area contributed by atoms with Gasteiger partial charge in [-0.1, -0.05) is 6.92 Å². The first-order valence-corrected chi connectivity index (χ1v) is 7.78. The molecule has 0 unspecified atom stereocenters. The van der Waals surface area contributed by atoms with E-state index in [0.29, 0.717) is 17.7 Å². The summed E-state index contributed by atoms with van der Waals surface area (Å²) in [6, 6.07) is 5.48.